The molecule has 1 amide bonds. The predicted octanol–water partition coefficient (Wildman–Crippen LogP) is -0.909. The molecule has 1 aromatic rings. The molecular weight excluding hydrogens is 284 g/mol. The first-order valence-electron chi connectivity index (χ1n) is 5.80. The van der Waals surface area contributed by atoms with Gasteiger partial charge in [-0.1, -0.05) is 0 Å². The van der Waals surface area contributed by atoms with Crippen molar-refractivity contribution in [2.45, 2.75) is 4.90 Å². The van der Waals surface area contributed by atoms with E-state index in [0.717, 1.165) is 0 Å². The smallest absolute Gasteiger partial charge is 0.243 e. The molecule has 0 radical (unpaired) electrons. The van der Waals surface area contributed by atoms with Gasteiger partial charge in [0.05, 0.1) is 12.3 Å². The van der Waals surface area contributed by atoms with E-state index in [2.05, 4.69) is 10.0 Å². The van der Waals surface area contributed by atoms with Crippen molar-refractivity contribution in [3.8, 4) is 0 Å². The monoisotopic (exact) mass is 302 g/mol. The van der Waals surface area contributed by atoms with E-state index in [1.165, 1.54) is 13.1 Å². The molecule has 0 aliphatic rings. The fraction of sp³-hybridized carbons (Fsp3) is 0.364. The lowest BCUT2D eigenvalue weighted by Gasteiger charge is -2.12. The SMILES string of the molecule is CNS(=O)(=O)c1cc(N)ccc1NCCOCC(N)=O. The molecule has 0 unspecified atom stereocenters. The first kappa shape index (κ1) is 16.2. The molecule has 112 valence electrons. The fourth-order valence-corrected chi connectivity index (χ4v) is 2.39. The third-order valence-electron chi connectivity index (χ3n) is 2.37. The van der Waals surface area contributed by atoms with Crippen LogP contribution in [0.2, 0.25) is 0 Å². The number of amides is 1. The van der Waals surface area contributed by atoms with E-state index in [1.54, 1.807) is 12.1 Å². The summed E-state index contributed by atoms with van der Waals surface area (Å²) in [6.45, 7) is 0.362. The molecule has 1 rings (SSSR count). The lowest BCUT2D eigenvalue weighted by molar-refractivity contribution is -0.122. The van der Waals surface area contributed by atoms with Crippen molar-refractivity contribution in [2.75, 3.05) is 37.9 Å². The number of nitrogen functional groups attached to an aromatic ring is 1. The number of hydrogen-bond acceptors (Lipinski definition) is 6. The molecular formula is C11H18N4O4S. The Kier molecular flexibility index (Phi) is 5.74. The van der Waals surface area contributed by atoms with Crippen molar-refractivity contribution >= 4 is 27.3 Å². The van der Waals surface area contributed by atoms with Gasteiger partial charge in [0.2, 0.25) is 15.9 Å². The molecule has 0 bridgehead atoms. The largest absolute Gasteiger partial charge is 0.399 e. The zero-order valence-corrected chi connectivity index (χ0v) is 11.9. The highest BCUT2D eigenvalue weighted by atomic mass is 32.2. The van der Waals surface area contributed by atoms with Gasteiger partial charge in [0, 0.05) is 12.2 Å². The maximum atomic E-state index is 11.9. The van der Waals surface area contributed by atoms with Gasteiger partial charge in [0.15, 0.2) is 0 Å². The average molecular weight is 302 g/mol. The van der Waals surface area contributed by atoms with E-state index in [9.17, 15) is 13.2 Å². The van der Waals surface area contributed by atoms with Crippen LogP contribution in [0.25, 0.3) is 0 Å². The number of sulfonamides is 1. The number of nitrogens with one attached hydrogen (secondary N) is 2. The Labute approximate surface area is 117 Å². The molecule has 0 fully saturated rings. The van der Waals surface area contributed by atoms with Gasteiger partial charge < -0.3 is 21.5 Å². The maximum Gasteiger partial charge on any atom is 0.243 e. The highest BCUT2D eigenvalue weighted by Crippen LogP contribution is 2.23. The van der Waals surface area contributed by atoms with E-state index < -0.39 is 15.9 Å². The second kappa shape index (κ2) is 7.08. The van der Waals surface area contributed by atoms with Crippen molar-refractivity contribution in [1.82, 2.24) is 4.72 Å². The van der Waals surface area contributed by atoms with Gasteiger partial charge in [-0.2, -0.15) is 0 Å². The molecule has 8 nitrogen and oxygen atoms in total. The molecule has 0 aliphatic heterocycles. The van der Waals surface area contributed by atoms with Gasteiger partial charge in [0.25, 0.3) is 0 Å². The summed E-state index contributed by atoms with van der Waals surface area (Å²) in [5, 5.41) is 2.90. The third kappa shape index (κ3) is 4.68. The molecule has 0 aliphatic carbocycles. The number of rotatable bonds is 8. The number of ether oxygens (including phenoxy) is 1. The zero-order chi connectivity index (χ0) is 15.2. The summed E-state index contributed by atoms with van der Waals surface area (Å²) >= 11 is 0. The van der Waals surface area contributed by atoms with E-state index >= 15 is 0 Å². The molecule has 0 aromatic heterocycles. The van der Waals surface area contributed by atoms with Crippen LogP contribution in [0.3, 0.4) is 0 Å². The third-order valence-corrected chi connectivity index (χ3v) is 3.82. The van der Waals surface area contributed by atoms with Gasteiger partial charge in [-0.3, -0.25) is 4.79 Å². The number of carbonyl (C=O) groups excluding carboxylic acids is 1. The summed E-state index contributed by atoms with van der Waals surface area (Å²) in [6, 6.07) is 4.51. The zero-order valence-electron chi connectivity index (χ0n) is 11.0. The number of benzene rings is 1. The number of primary amides is 1. The predicted molar refractivity (Wildman–Crippen MR) is 75.6 cm³/mol. The Hall–Kier alpha value is -1.84. The van der Waals surface area contributed by atoms with Gasteiger partial charge in [-0.15, -0.1) is 0 Å². The minimum atomic E-state index is -3.61. The summed E-state index contributed by atoms with van der Waals surface area (Å²) in [6.07, 6.45) is 0. The molecule has 9 heteroatoms. The normalized spacial score (nSPS) is 11.2. The van der Waals surface area contributed by atoms with E-state index in [-0.39, 0.29) is 18.1 Å². The first-order chi connectivity index (χ1) is 9.36. The minimum Gasteiger partial charge on any atom is -0.399 e. The summed E-state index contributed by atoms with van der Waals surface area (Å²) in [5.74, 6) is -0.559. The maximum absolute atomic E-state index is 11.9. The van der Waals surface area contributed by atoms with Crippen LogP contribution in [-0.2, 0) is 19.6 Å². The topological polar surface area (TPSA) is 137 Å². The van der Waals surface area contributed by atoms with Gasteiger partial charge in [-0.05, 0) is 25.2 Å². The molecule has 6 N–H and O–H groups in total. The highest BCUT2D eigenvalue weighted by molar-refractivity contribution is 7.89. The van der Waals surface area contributed by atoms with Crippen molar-refractivity contribution in [1.29, 1.82) is 0 Å². The Morgan fingerprint density at radius 1 is 1.40 bits per heavy atom. The van der Waals surface area contributed by atoms with Crippen LogP contribution >= 0.6 is 0 Å². The van der Waals surface area contributed by atoms with Crippen LogP contribution in [0, 0.1) is 0 Å². The fourth-order valence-electron chi connectivity index (χ4n) is 1.45. The van der Waals surface area contributed by atoms with Crippen LogP contribution < -0.4 is 21.5 Å². The number of carbonyl (C=O) groups is 1. The highest BCUT2D eigenvalue weighted by Gasteiger charge is 2.16. The molecule has 0 saturated heterocycles. The van der Waals surface area contributed by atoms with Crippen LogP contribution in [-0.4, -0.2) is 41.1 Å². The molecule has 0 saturated carbocycles. The summed E-state index contributed by atoms with van der Waals surface area (Å²) in [4.78, 5) is 10.5. The van der Waals surface area contributed by atoms with E-state index in [1.807, 2.05) is 0 Å². The van der Waals surface area contributed by atoms with Gasteiger partial charge in [-0.25, -0.2) is 13.1 Å². The lowest BCUT2D eigenvalue weighted by atomic mass is 10.3. The standard InChI is InChI=1S/C11H18N4O4S/c1-14-20(17,18)10-6-8(12)2-3-9(10)15-4-5-19-7-11(13)16/h2-3,6,14-15H,4-5,7,12H2,1H3,(H2,13,16). The Morgan fingerprint density at radius 3 is 2.70 bits per heavy atom. The Balaban J connectivity index is 2.73. The number of anilines is 2. The van der Waals surface area contributed by atoms with Crippen molar-refractivity contribution in [3.05, 3.63) is 18.2 Å². The second-order valence-corrected chi connectivity index (χ2v) is 5.76. The number of nitrogens with two attached hydrogens (primary N) is 2. The second-order valence-electron chi connectivity index (χ2n) is 3.91. The van der Waals surface area contributed by atoms with Gasteiger partial charge in [0.1, 0.15) is 11.5 Å². The molecule has 0 spiro atoms. The van der Waals surface area contributed by atoms with Crippen LogP contribution in [0.4, 0.5) is 11.4 Å². The summed E-state index contributed by atoms with van der Waals surface area (Å²) in [7, 11) is -2.30. The van der Waals surface area contributed by atoms with Crippen LogP contribution in [0.5, 0.6) is 0 Å². The van der Waals surface area contributed by atoms with Crippen molar-refractivity contribution < 1.29 is 17.9 Å². The quantitative estimate of drug-likeness (QED) is 0.362. The van der Waals surface area contributed by atoms with E-state index in [4.69, 9.17) is 16.2 Å². The average Bonchev–Trinajstić information content (AvgIpc) is 2.39. The molecule has 0 atom stereocenters. The van der Waals surface area contributed by atoms with Gasteiger partial charge >= 0.3 is 0 Å². The number of hydrogen-bond donors (Lipinski definition) is 4. The van der Waals surface area contributed by atoms with Crippen molar-refractivity contribution in [2.24, 2.45) is 5.73 Å². The molecule has 0 heterocycles. The minimum absolute atomic E-state index is 0.0508. The Bertz CT molecular complexity index is 574. The van der Waals surface area contributed by atoms with Crippen LogP contribution in [0.1, 0.15) is 0 Å². The summed E-state index contributed by atoms with van der Waals surface area (Å²) in [5.41, 5.74) is 11.2. The van der Waals surface area contributed by atoms with E-state index in [0.29, 0.717) is 17.9 Å². The lowest BCUT2D eigenvalue weighted by Crippen LogP contribution is -2.22. The Morgan fingerprint density at radius 2 is 2.10 bits per heavy atom. The first-order valence-corrected chi connectivity index (χ1v) is 7.28. The molecule has 1 aromatic carbocycles. The summed E-state index contributed by atoms with van der Waals surface area (Å²) < 4.78 is 30.9. The van der Waals surface area contributed by atoms with Crippen molar-refractivity contribution in [3.63, 3.8) is 0 Å². The molecule has 20 heavy (non-hydrogen) atoms. The van der Waals surface area contributed by atoms with Crippen LogP contribution in [0.15, 0.2) is 23.1 Å².